The van der Waals surface area contributed by atoms with Crippen LogP contribution in [0, 0.1) is 12.8 Å². The van der Waals surface area contributed by atoms with Crippen LogP contribution in [-0.4, -0.2) is 18.4 Å². The predicted octanol–water partition coefficient (Wildman–Crippen LogP) is 4.30. The number of carbonyl (C=O) groups is 2. The van der Waals surface area contributed by atoms with E-state index in [1.165, 1.54) is 11.6 Å². The lowest BCUT2D eigenvalue weighted by Gasteiger charge is -2.19. The monoisotopic (exact) mass is 390 g/mol. The Morgan fingerprint density at radius 3 is 2.38 bits per heavy atom. The molecule has 0 aromatic heterocycles. The van der Waals surface area contributed by atoms with Crippen molar-refractivity contribution in [2.24, 2.45) is 5.92 Å². The molecule has 1 unspecified atom stereocenters. The van der Waals surface area contributed by atoms with Crippen LogP contribution < -0.4 is 10.6 Å². The van der Waals surface area contributed by atoms with Crippen LogP contribution >= 0.6 is 23.2 Å². The highest BCUT2D eigenvalue weighted by Crippen LogP contribution is 2.41. The second-order valence-electron chi connectivity index (χ2n) is 6.60. The number of aryl methyl sites for hydroxylation is 1. The summed E-state index contributed by atoms with van der Waals surface area (Å²) in [6.45, 7) is 1.95. The quantitative estimate of drug-likeness (QED) is 0.772. The molecule has 1 fully saturated rings. The second-order valence-corrected chi connectivity index (χ2v) is 7.42. The van der Waals surface area contributed by atoms with Crippen molar-refractivity contribution >= 4 is 35.0 Å². The first-order chi connectivity index (χ1) is 12.4. The maximum atomic E-state index is 12.3. The van der Waals surface area contributed by atoms with Gasteiger partial charge in [0, 0.05) is 5.56 Å². The molecule has 136 valence electrons. The molecule has 1 aliphatic rings. The molecule has 1 saturated carbocycles. The Bertz CT molecular complexity index is 817. The number of rotatable bonds is 6. The van der Waals surface area contributed by atoms with Crippen LogP contribution in [0.3, 0.4) is 0 Å². The third-order valence-corrected chi connectivity index (χ3v) is 5.18. The van der Waals surface area contributed by atoms with Gasteiger partial charge < -0.3 is 10.6 Å². The van der Waals surface area contributed by atoms with Crippen LogP contribution in [0.4, 0.5) is 0 Å². The molecule has 0 heterocycles. The molecular weight excluding hydrogens is 371 g/mol. The molecule has 4 nitrogen and oxygen atoms in total. The van der Waals surface area contributed by atoms with E-state index in [4.69, 9.17) is 23.2 Å². The van der Waals surface area contributed by atoms with Gasteiger partial charge in [-0.1, -0.05) is 53.0 Å². The summed E-state index contributed by atoms with van der Waals surface area (Å²) in [7, 11) is 0. The van der Waals surface area contributed by atoms with Crippen molar-refractivity contribution in [2.45, 2.75) is 25.8 Å². The molecule has 1 atom stereocenters. The molecule has 0 aliphatic heterocycles. The minimum atomic E-state index is -0.364. The maximum Gasteiger partial charge on any atom is 0.251 e. The topological polar surface area (TPSA) is 58.2 Å². The number of halogens is 2. The molecule has 6 heteroatoms. The molecule has 2 amide bonds. The van der Waals surface area contributed by atoms with Gasteiger partial charge in [0.1, 0.15) is 0 Å². The van der Waals surface area contributed by atoms with Gasteiger partial charge in [-0.3, -0.25) is 9.59 Å². The average molecular weight is 391 g/mol. The summed E-state index contributed by atoms with van der Waals surface area (Å²) in [5.74, 6) is -0.111. The van der Waals surface area contributed by atoms with Crippen molar-refractivity contribution in [3.05, 3.63) is 69.2 Å². The zero-order valence-corrected chi connectivity index (χ0v) is 15.9. The van der Waals surface area contributed by atoms with Crippen molar-refractivity contribution in [3.8, 4) is 0 Å². The number of hydrogen-bond acceptors (Lipinski definition) is 2. The molecule has 0 radical (unpaired) electrons. The Kier molecular flexibility index (Phi) is 5.84. The molecule has 0 bridgehead atoms. The zero-order chi connectivity index (χ0) is 18.7. The van der Waals surface area contributed by atoms with Gasteiger partial charge in [-0.15, -0.1) is 0 Å². The third kappa shape index (κ3) is 4.77. The second kappa shape index (κ2) is 8.11. The molecule has 0 spiro atoms. The summed E-state index contributed by atoms with van der Waals surface area (Å²) in [5.41, 5.74) is 2.65. The first kappa shape index (κ1) is 18.7. The van der Waals surface area contributed by atoms with E-state index in [0.717, 1.165) is 18.4 Å². The Hall–Kier alpha value is -2.04. The van der Waals surface area contributed by atoms with Crippen LogP contribution in [0.2, 0.25) is 10.0 Å². The minimum Gasteiger partial charge on any atom is -0.347 e. The summed E-state index contributed by atoms with van der Waals surface area (Å²) in [4.78, 5) is 24.5. The largest absolute Gasteiger partial charge is 0.347 e. The third-order valence-electron chi connectivity index (χ3n) is 4.44. The first-order valence-corrected chi connectivity index (χ1v) is 9.29. The van der Waals surface area contributed by atoms with Crippen molar-refractivity contribution in [1.29, 1.82) is 0 Å². The minimum absolute atomic E-state index is 0.00928. The van der Waals surface area contributed by atoms with Crippen LogP contribution in [0.1, 0.15) is 40.4 Å². The summed E-state index contributed by atoms with van der Waals surface area (Å²) in [5, 5.41) is 6.34. The van der Waals surface area contributed by atoms with Crippen LogP contribution in [0.25, 0.3) is 0 Å². The normalized spacial score (nSPS) is 14.6. The van der Waals surface area contributed by atoms with E-state index in [-0.39, 0.29) is 24.4 Å². The lowest BCUT2D eigenvalue weighted by molar-refractivity contribution is -0.121. The van der Waals surface area contributed by atoms with E-state index in [2.05, 4.69) is 10.6 Å². The molecule has 2 N–H and O–H groups in total. The highest BCUT2D eigenvalue weighted by atomic mass is 35.5. The number of hydrogen-bond donors (Lipinski definition) is 2. The fourth-order valence-electron chi connectivity index (χ4n) is 2.80. The van der Waals surface area contributed by atoms with Crippen molar-refractivity contribution in [2.75, 3.05) is 6.54 Å². The van der Waals surface area contributed by atoms with Gasteiger partial charge in [0.15, 0.2) is 0 Å². The fourth-order valence-corrected chi connectivity index (χ4v) is 3.10. The summed E-state index contributed by atoms with van der Waals surface area (Å²) >= 11 is 11.8. The Morgan fingerprint density at radius 1 is 1.08 bits per heavy atom. The Labute approximate surface area is 162 Å². The molecule has 2 aromatic carbocycles. The van der Waals surface area contributed by atoms with E-state index in [1.54, 1.807) is 12.1 Å². The van der Waals surface area contributed by atoms with Gasteiger partial charge in [-0.25, -0.2) is 0 Å². The Balaban J connectivity index is 1.57. The van der Waals surface area contributed by atoms with Gasteiger partial charge in [0.05, 0.1) is 22.6 Å². The molecule has 1 aliphatic carbocycles. The number of amides is 2. The van der Waals surface area contributed by atoms with E-state index >= 15 is 0 Å². The molecule has 3 rings (SSSR count). The molecule has 2 aromatic rings. The van der Waals surface area contributed by atoms with Crippen molar-refractivity contribution in [1.82, 2.24) is 10.6 Å². The van der Waals surface area contributed by atoms with Crippen LogP contribution in [0.5, 0.6) is 0 Å². The number of carbonyl (C=O) groups excluding carboxylic acids is 2. The lowest BCUT2D eigenvalue weighted by Crippen LogP contribution is -2.39. The van der Waals surface area contributed by atoms with Gasteiger partial charge in [-0.05, 0) is 49.4 Å². The van der Waals surface area contributed by atoms with Crippen LogP contribution in [-0.2, 0) is 4.79 Å². The standard InChI is InChI=1S/C20H20Cl2N2O2/c1-12-2-4-13(5-3-12)19(14-6-7-14)24-18(25)11-23-20(26)15-8-9-16(21)17(22)10-15/h2-5,8-10,14,19H,6-7,11H2,1H3,(H,23,26)(H,24,25). The summed E-state index contributed by atoms with van der Waals surface area (Å²) < 4.78 is 0. The van der Waals surface area contributed by atoms with Crippen LogP contribution in [0.15, 0.2) is 42.5 Å². The highest BCUT2D eigenvalue weighted by Gasteiger charge is 2.33. The Morgan fingerprint density at radius 2 is 1.77 bits per heavy atom. The summed E-state index contributed by atoms with van der Waals surface area (Å²) in [6, 6.07) is 12.8. The fraction of sp³-hybridized carbons (Fsp3) is 0.300. The highest BCUT2D eigenvalue weighted by molar-refractivity contribution is 6.42. The van der Waals surface area contributed by atoms with E-state index in [0.29, 0.717) is 21.5 Å². The van der Waals surface area contributed by atoms with Gasteiger partial charge in [-0.2, -0.15) is 0 Å². The SMILES string of the molecule is Cc1ccc(C(NC(=O)CNC(=O)c2ccc(Cl)c(Cl)c2)C2CC2)cc1. The van der Waals surface area contributed by atoms with Crippen molar-refractivity contribution in [3.63, 3.8) is 0 Å². The van der Waals surface area contributed by atoms with Gasteiger partial charge in [0.25, 0.3) is 5.91 Å². The maximum absolute atomic E-state index is 12.3. The van der Waals surface area contributed by atoms with E-state index in [1.807, 2.05) is 31.2 Å². The van der Waals surface area contributed by atoms with Gasteiger partial charge >= 0.3 is 0 Å². The summed E-state index contributed by atoms with van der Waals surface area (Å²) in [6.07, 6.45) is 2.21. The first-order valence-electron chi connectivity index (χ1n) is 8.53. The van der Waals surface area contributed by atoms with E-state index in [9.17, 15) is 9.59 Å². The molecule has 26 heavy (non-hydrogen) atoms. The zero-order valence-electron chi connectivity index (χ0n) is 14.4. The van der Waals surface area contributed by atoms with Gasteiger partial charge in [0.2, 0.25) is 5.91 Å². The number of benzene rings is 2. The lowest BCUT2D eigenvalue weighted by atomic mass is 10.0. The number of nitrogens with one attached hydrogen (secondary N) is 2. The van der Waals surface area contributed by atoms with E-state index < -0.39 is 0 Å². The van der Waals surface area contributed by atoms with Crippen molar-refractivity contribution < 1.29 is 9.59 Å². The average Bonchev–Trinajstić information content (AvgIpc) is 3.46. The predicted molar refractivity (Wildman–Crippen MR) is 104 cm³/mol. The molecule has 0 saturated heterocycles. The smallest absolute Gasteiger partial charge is 0.251 e. The molecular formula is C20H20Cl2N2O2.